The van der Waals surface area contributed by atoms with Crippen molar-refractivity contribution in [3.63, 3.8) is 0 Å². The van der Waals surface area contributed by atoms with E-state index >= 15 is 0 Å². The maximum atomic E-state index is 12.4. The van der Waals surface area contributed by atoms with Crippen molar-refractivity contribution in [2.75, 3.05) is 39.8 Å². The summed E-state index contributed by atoms with van der Waals surface area (Å²) in [4.78, 5) is 28.0. The molecule has 6 nitrogen and oxygen atoms in total. The molecule has 0 saturated carbocycles. The Bertz CT molecular complexity index is 520. The minimum absolute atomic E-state index is 0.00161. The van der Waals surface area contributed by atoms with E-state index in [9.17, 15) is 9.59 Å². The van der Waals surface area contributed by atoms with Gasteiger partial charge in [0.1, 0.15) is 0 Å². The molecule has 114 valence electrons. The van der Waals surface area contributed by atoms with Crippen LogP contribution < -0.4 is 5.32 Å². The van der Waals surface area contributed by atoms with Crippen LogP contribution >= 0.6 is 11.3 Å². The number of nitrogens with one attached hydrogen (secondary N) is 1. The zero-order chi connectivity index (χ0) is 14.8. The first-order valence-electron chi connectivity index (χ1n) is 7.06. The zero-order valence-corrected chi connectivity index (χ0v) is 12.8. The van der Waals surface area contributed by atoms with Gasteiger partial charge in [-0.05, 0) is 11.4 Å². The quantitative estimate of drug-likeness (QED) is 0.855. The highest BCUT2D eigenvalue weighted by Crippen LogP contribution is 2.24. The van der Waals surface area contributed by atoms with E-state index in [0.717, 1.165) is 12.1 Å². The molecular weight excluding hydrogens is 290 g/mol. The van der Waals surface area contributed by atoms with Gasteiger partial charge in [0.2, 0.25) is 5.91 Å². The van der Waals surface area contributed by atoms with Gasteiger partial charge in [0.15, 0.2) is 0 Å². The second kappa shape index (κ2) is 6.13. The van der Waals surface area contributed by atoms with Crippen LogP contribution in [0.1, 0.15) is 10.4 Å². The molecule has 3 rings (SSSR count). The SMILES string of the molecule is CNC(=O)CN1CCO[C@@H]2CN(C(=O)c3ccsc3)C[C@@H]21. The van der Waals surface area contributed by atoms with Crippen LogP contribution in [0.4, 0.5) is 0 Å². The van der Waals surface area contributed by atoms with E-state index in [1.807, 2.05) is 21.7 Å². The molecule has 3 heterocycles. The summed E-state index contributed by atoms with van der Waals surface area (Å²) < 4.78 is 5.78. The number of rotatable bonds is 3. The van der Waals surface area contributed by atoms with E-state index in [1.165, 1.54) is 11.3 Å². The predicted octanol–water partition coefficient (Wildman–Crippen LogP) is 0.0193. The van der Waals surface area contributed by atoms with E-state index in [0.29, 0.717) is 26.2 Å². The summed E-state index contributed by atoms with van der Waals surface area (Å²) in [5, 5.41) is 6.42. The molecule has 1 N–H and O–H groups in total. The maximum absolute atomic E-state index is 12.4. The third-order valence-corrected chi connectivity index (χ3v) is 4.78. The molecule has 2 amide bonds. The Morgan fingerprint density at radius 3 is 3.05 bits per heavy atom. The summed E-state index contributed by atoms with van der Waals surface area (Å²) in [5.74, 6) is 0.0485. The topological polar surface area (TPSA) is 61.9 Å². The molecule has 2 fully saturated rings. The normalized spacial score (nSPS) is 25.7. The highest BCUT2D eigenvalue weighted by molar-refractivity contribution is 7.08. The minimum atomic E-state index is -0.00161. The van der Waals surface area contributed by atoms with Crippen molar-refractivity contribution in [3.8, 4) is 0 Å². The third kappa shape index (κ3) is 2.95. The Morgan fingerprint density at radius 2 is 2.33 bits per heavy atom. The Morgan fingerprint density at radius 1 is 1.48 bits per heavy atom. The summed E-state index contributed by atoms with van der Waals surface area (Å²) in [5.41, 5.74) is 0.733. The number of thiophene rings is 1. The largest absolute Gasteiger partial charge is 0.373 e. The molecule has 1 aromatic heterocycles. The van der Waals surface area contributed by atoms with Gasteiger partial charge in [-0.1, -0.05) is 0 Å². The van der Waals surface area contributed by atoms with Gasteiger partial charge in [0.05, 0.1) is 30.9 Å². The van der Waals surface area contributed by atoms with Gasteiger partial charge >= 0.3 is 0 Å². The number of nitrogens with zero attached hydrogens (tertiary/aromatic N) is 2. The van der Waals surface area contributed by atoms with E-state index in [2.05, 4.69) is 10.2 Å². The maximum Gasteiger partial charge on any atom is 0.254 e. The van der Waals surface area contributed by atoms with E-state index in [1.54, 1.807) is 7.05 Å². The Hall–Kier alpha value is -1.44. The average Bonchev–Trinajstić information content (AvgIpc) is 3.16. The number of likely N-dealkylation sites (tertiary alicyclic amines) is 1. The molecular formula is C14H19N3O3S. The molecule has 0 aromatic carbocycles. The lowest BCUT2D eigenvalue weighted by Gasteiger charge is -2.35. The molecule has 2 saturated heterocycles. The number of hydrogen-bond donors (Lipinski definition) is 1. The highest BCUT2D eigenvalue weighted by Gasteiger charge is 2.42. The van der Waals surface area contributed by atoms with Crippen molar-refractivity contribution >= 4 is 23.2 Å². The molecule has 2 atom stereocenters. The Labute approximate surface area is 127 Å². The van der Waals surface area contributed by atoms with Gasteiger partial charge in [0.25, 0.3) is 5.91 Å². The summed E-state index contributed by atoms with van der Waals surface area (Å²) in [7, 11) is 1.64. The number of amides is 2. The van der Waals surface area contributed by atoms with Crippen LogP contribution in [-0.4, -0.2) is 73.6 Å². The fourth-order valence-electron chi connectivity index (χ4n) is 2.95. The molecule has 1 aromatic rings. The lowest BCUT2D eigenvalue weighted by molar-refractivity contribution is -0.125. The number of carbonyl (C=O) groups is 2. The fraction of sp³-hybridized carbons (Fsp3) is 0.571. The number of morpholine rings is 1. The molecule has 7 heteroatoms. The van der Waals surface area contributed by atoms with Crippen molar-refractivity contribution in [1.82, 2.24) is 15.1 Å². The van der Waals surface area contributed by atoms with Crippen LogP contribution in [0.15, 0.2) is 16.8 Å². The van der Waals surface area contributed by atoms with Crippen LogP contribution in [0.3, 0.4) is 0 Å². The first-order chi connectivity index (χ1) is 10.2. The lowest BCUT2D eigenvalue weighted by Crippen LogP contribution is -2.53. The van der Waals surface area contributed by atoms with Gasteiger partial charge in [-0.15, -0.1) is 0 Å². The summed E-state index contributed by atoms with van der Waals surface area (Å²) in [6, 6.07) is 1.96. The number of hydrogen-bond acceptors (Lipinski definition) is 5. The third-order valence-electron chi connectivity index (χ3n) is 4.10. The van der Waals surface area contributed by atoms with Crippen LogP contribution in [0.2, 0.25) is 0 Å². The Balaban J connectivity index is 1.68. The average molecular weight is 309 g/mol. The van der Waals surface area contributed by atoms with Crippen LogP contribution in [0.25, 0.3) is 0 Å². The highest BCUT2D eigenvalue weighted by atomic mass is 32.1. The van der Waals surface area contributed by atoms with E-state index in [-0.39, 0.29) is 24.0 Å². The van der Waals surface area contributed by atoms with Gasteiger partial charge in [-0.2, -0.15) is 11.3 Å². The minimum Gasteiger partial charge on any atom is -0.373 e. The molecule has 0 bridgehead atoms. The first kappa shape index (κ1) is 14.5. The Kier molecular flexibility index (Phi) is 4.23. The molecule has 0 radical (unpaired) electrons. The molecule has 21 heavy (non-hydrogen) atoms. The van der Waals surface area contributed by atoms with Gasteiger partial charge in [-0.3, -0.25) is 14.5 Å². The molecule has 0 unspecified atom stereocenters. The number of likely N-dealkylation sites (N-methyl/N-ethyl adjacent to an activating group) is 1. The second-order valence-corrected chi connectivity index (χ2v) is 6.12. The van der Waals surface area contributed by atoms with Crippen molar-refractivity contribution < 1.29 is 14.3 Å². The van der Waals surface area contributed by atoms with Crippen molar-refractivity contribution in [3.05, 3.63) is 22.4 Å². The molecule has 2 aliphatic rings. The molecule has 2 aliphatic heterocycles. The molecule has 0 spiro atoms. The smallest absolute Gasteiger partial charge is 0.254 e. The van der Waals surface area contributed by atoms with Crippen molar-refractivity contribution in [2.45, 2.75) is 12.1 Å². The van der Waals surface area contributed by atoms with Crippen LogP contribution in [0.5, 0.6) is 0 Å². The summed E-state index contributed by atoms with van der Waals surface area (Å²) >= 11 is 1.52. The summed E-state index contributed by atoms with van der Waals surface area (Å²) in [6.07, 6.45) is 0.00555. The number of ether oxygens (including phenoxy) is 1. The molecule has 0 aliphatic carbocycles. The van der Waals surface area contributed by atoms with E-state index < -0.39 is 0 Å². The van der Waals surface area contributed by atoms with Crippen molar-refractivity contribution in [2.24, 2.45) is 0 Å². The standard InChI is InChI=1S/C14H19N3O3S/c1-15-13(18)8-16-3-4-20-12-7-17(6-11(12)16)14(19)10-2-5-21-9-10/h2,5,9,11-12H,3-4,6-8H2,1H3,(H,15,18)/t11-,12+/m0/s1. The van der Waals surface area contributed by atoms with Crippen LogP contribution in [0, 0.1) is 0 Å². The van der Waals surface area contributed by atoms with Gasteiger partial charge in [0, 0.05) is 32.1 Å². The van der Waals surface area contributed by atoms with Crippen LogP contribution in [-0.2, 0) is 9.53 Å². The van der Waals surface area contributed by atoms with Gasteiger partial charge in [-0.25, -0.2) is 0 Å². The first-order valence-corrected chi connectivity index (χ1v) is 8.01. The second-order valence-electron chi connectivity index (χ2n) is 5.34. The predicted molar refractivity (Wildman–Crippen MR) is 79.4 cm³/mol. The summed E-state index contributed by atoms with van der Waals surface area (Å²) in [6.45, 7) is 2.93. The van der Waals surface area contributed by atoms with E-state index in [4.69, 9.17) is 4.74 Å². The monoisotopic (exact) mass is 309 g/mol. The lowest BCUT2D eigenvalue weighted by atomic mass is 10.1. The fourth-order valence-corrected chi connectivity index (χ4v) is 3.58. The number of fused-ring (bicyclic) bond motifs is 1. The number of carbonyl (C=O) groups excluding carboxylic acids is 2. The zero-order valence-electron chi connectivity index (χ0n) is 11.9. The van der Waals surface area contributed by atoms with Crippen molar-refractivity contribution in [1.29, 1.82) is 0 Å². The van der Waals surface area contributed by atoms with Gasteiger partial charge < -0.3 is 15.0 Å².